The average Bonchev–Trinajstić information content (AvgIpc) is 3.53. The summed E-state index contributed by atoms with van der Waals surface area (Å²) in [5.74, 6) is 0.672. The molecule has 1 saturated heterocycles. The lowest BCUT2D eigenvalue weighted by atomic mass is 9.90. The Morgan fingerprint density at radius 1 is 0.852 bits per heavy atom. The van der Waals surface area contributed by atoms with Gasteiger partial charge in [0, 0.05) is 30.3 Å². The van der Waals surface area contributed by atoms with Crippen molar-refractivity contribution in [3.63, 3.8) is 0 Å². The van der Waals surface area contributed by atoms with Crippen molar-refractivity contribution in [3.05, 3.63) is 71.3 Å². The third-order valence-corrected chi connectivity index (χ3v) is 5.58. The number of hydrogen-bond acceptors (Lipinski definition) is 2. The van der Waals surface area contributed by atoms with Crippen molar-refractivity contribution in [2.45, 2.75) is 38.1 Å². The lowest BCUT2D eigenvalue weighted by molar-refractivity contribution is 0.0690. The molecule has 0 unspecified atom stereocenters. The minimum absolute atomic E-state index is 0.0433. The van der Waals surface area contributed by atoms with Crippen LogP contribution in [0.15, 0.2) is 54.6 Å². The fourth-order valence-corrected chi connectivity index (χ4v) is 3.73. The van der Waals surface area contributed by atoms with Crippen LogP contribution in [0.2, 0.25) is 0 Å². The maximum Gasteiger partial charge on any atom is 0.253 e. The van der Waals surface area contributed by atoms with Gasteiger partial charge in [-0.3, -0.25) is 9.59 Å². The summed E-state index contributed by atoms with van der Waals surface area (Å²) >= 11 is 0. The molecule has 0 radical (unpaired) electrons. The average molecular weight is 362 g/mol. The predicted molar refractivity (Wildman–Crippen MR) is 106 cm³/mol. The second kappa shape index (κ2) is 7.95. The molecular weight excluding hydrogens is 336 g/mol. The zero-order valence-corrected chi connectivity index (χ0v) is 15.6. The van der Waals surface area contributed by atoms with Gasteiger partial charge in [0.1, 0.15) is 0 Å². The second-order valence-corrected chi connectivity index (χ2v) is 7.75. The Balaban J connectivity index is 1.30. The van der Waals surface area contributed by atoms with Gasteiger partial charge in [0.05, 0.1) is 0 Å². The van der Waals surface area contributed by atoms with E-state index in [4.69, 9.17) is 0 Å². The number of piperidine rings is 1. The molecule has 1 aliphatic heterocycles. The highest BCUT2D eigenvalue weighted by atomic mass is 16.2. The number of hydrogen-bond donors (Lipinski definition) is 1. The lowest BCUT2D eigenvalue weighted by Crippen LogP contribution is -2.38. The molecule has 2 fully saturated rings. The topological polar surface area (TPSA) is 49.4 Å². The molecule has 4 nitrogen and oxygen atoms in total. The van der Waals surface area contributed by atoms with E-state index in [2.05, 4.69) is 29.6 Å². The Kier molecular flexibility index (Phi) is 5.23. The molecule has 1 aliphatic carbocycles. The number of nitrogens with one attached hydrogen (secondary N) is 1. The Bertz CT molecular complexity index is 789. The van der Waals surface area contributed by atoms with Gasteiger partial charge in [-0.1, -0.05) is 30.3 Å². The SMILES string of the molecule is O=C(NC1CC1)c1ccc(C(=O)N2CCC(Cc3ccccc3)CC2)cc1. The number of amides is 2. The van der Waals surface area contributed by atoms with E-state index in [0.717, 1.165) is 45.2 Å². The lowest BCUT2D eigenvalue weighted by Gasteiger charge is -2.32. The van der Waals surface area contributed by atoms with Crippen molar-refractivity contribution in [1.82, 2.24) is 10.2 Å². The molecule has 0 aromatic heterocycles. The predicted octanol–water partition coefficient (Wildman–Crippen LogP) is 3.67. The van der Waals surface area contributed by atoms with Crippen molar-refractivity contribution in [1.29, 1.82) is 0 Å². The number of carbonyl (C=O) groups excluding carboxylic acids is 2. The van der Waals surface area contributed by atoms with Crippen LogP contribution in [-0.4, -0.2) is 35.8 Å². The largest absolute Gasteiger partial charge is 0.349 e. The summed E-state index contributed by atoms with van der Waals surface area (Å²) < 4.78 is 0. The third kappa shape index (κ3) is 4.57. The van der Waals surface area contributed by atoms with E-state index in [1.807, 2.05) is 11.0 Å². The van der Waals surface area contributed by atoms with Gasteiger partial charge in [-0.2, -0.15) is 0 Å². The van der Waals surface area contributed by atoms with E-state index in [1.54, 1.807) is 24.3 Å². The molecule has 4 heteroatoms. The Labute approximate surface area is 160 Å². The van der Waals surface area contributed by atoms with E-state index in [1.165, 1.54) is 5.56 Å². The molecule has 0 spiro atoms. The van der Waals surface area contributed by atoms with Crippen LogP contribution < -0.4 is 5.32 Å². The van der Waals surface area contributed by atoms with Crippen LogP contribution in [0.5, 0.6) is 0 Å². The van der Waals surface area contributed by atoms with Crippen LogP contribution in [0, 0.1) is 5.92 Å². The summed E-state index contributed by atoms with van der Waals surface area (Å²) in [7, 11) is 0. The standard InChI is InChI=1S/C23H26N2O2/c26-22(24-21-10-11-21)19-6-8-20(9-7-19)23(27)25-14-12-18(13-15-25)16-17-4-2-1-3-5-17/h1-9,18,21H,10-16H2,(H,24,26). The van der Waals surface area contributed by atoms with E-state index in [9.17, 15) is 9.59 Å². The molecule has 1 N–H and O–H groups in total. The highest BCUT2D eigenvalue weighted by molar-refractivity contribution is 5.98. The van der Waals surface area contributed by atoms with Gasteiger partial charge >= 0.3 is 0 Å². The minimum Gasteiger partial charge on any atom is -0.349 e. The summed E-state index contributed by atoms with van der Waals surface area (Å²) in [5, 5.41) is 2.97. The second-order valence-electron chi connectivity index (χ2n) is 7.75. The van der Waals surface area contributed by atoms with Gasteiger partial charge < -0.3 is 10.2 Å². The van der Waals surface area contributed by atoms with Gasteiger partial charge in [0.25, 0.3) is 11.8 Å². The van der Waals surface area contributed by atoms with Crippen molar-refractivity contribution in [2.24, 2.45) is 5.92 Å². The van der Waals surface area contributed by atoms with Crippen molar-refractivity contribution < 1.29 is 9.59 Å². The van der Waals surface area contributed by atoms with Crippen LogP contribution in [0.1, 0.15) is 52.0 Å². The molecule has 1 saturated carbocycles. The molecule has 2 amide bonds. The summed E-state index contributed by atoms with van der Waals surface area (Å²) in [6.45, 7) is 1.61. The van der Waals surface area contributed by atoms with Gasteiger partial charge in [0.2, 0.25) is 0 Å². The quantitative estimate of drug-likeness (QED) is 0.882. The molecular formula is C23H26N2O2. The molecule has 1 heterocycles. The number of benzene rings is 2. The number of likely N-dealkylation sites (tertiary alicyclic amines) is 1. The van der Waals surface area contributed by atoms with E-state index < -0.39 is 0 Å². The zero-order chi connectivity index (χ0) is 18.6. The van der Waals surface area contributed by atoms with E-state index >= 15 is 0 Å². The number of rotatable bonds is 5. The van der Waals surface area contributed by atoms with Crippen LogP contribution in [0.25, 0.3) is 0 Å². The first-order valence-electron chi connectivity index (χ1n) is 9.93. The Morgan fingerprint density at radius 2 is 1.48 bits per heavy atom. The van der Waals surface area contributed by atoms with Crippen LogP contribution >= 0.6 is 0 Å². The van der Waals surface area contributed by atoms with E-state index in [-0.39, 0.29) is 11.8 Å². The number of carbonyl (C=O) groups is 2. The van der Waals surface area contributed by atoms with E-state index in [0.29, 0.717) is 23.1 Å². The number of nitrogens with zero attached hydrogens (tertiary/aromatic N) is 1. The van der Waals surface area contributed by atoms with Crippen LogP contribution in [0.3, 0.4) is 0 Å². The smallest absolute Gasteiger partial charge is 0.253 e. The molecule has 0 atom stereocenters. The summed E-state index contributed by atoms with van der Waals surface area (Å²) in [6.07, 6.45) is 5.32. The fourth-order valence-electron chi connectivity index (χ4n) is 3.73. The first kappa shape index (κ1) is 17.8. The van der Waals surface area contributed by atoms with Gasteiger partial charge in [-0.25, -0.2) is 0 Å². The first-order chi connectivity index (χ1) is 13.2. The minimum atomic E-state index is -0.0433. The van der Waals surface area contributed by atoms with Crippen molar-refractivity contribution in [2.75, 3.05) is 13.1 Å². The molecule has 2 aliphatic rings. The zero-order valence-electron chi connectivity index (χ0n) is 15.6. The summed E-state index contributed by atoms with van der Waals surface area (Å²) in [5.41, 5.74) is 2.67. The molecule has 140 valence electrons. The Hall–Kier alpha value is -2.62. The third-order valence-electron chi connectivity index (χ3n) is 5.58. The molecule has 27 heavy (non-hydrogen) atoms. The normalized spacial score (nSPS) is 17.6. The summed E-state index contributed by atoms with van der Waals surface area (Å²) in [6, 6.07) is 18.0. The summed E-state index contributed by atoms with van der Waals surface area (Å²) in [4.78, 5) is 26.8. The van der Waals surface area contributed by atoms with Crippen LogP contribution in [-0.2, 0) is 6.42 Å². The van der Waals surface area contributed by atoms with Gasteiger partial charge in [0.15, 0.2) is 0 Å². The molecule has 4 rings (SSSR count). The molecule has 2 aromatic carbocycles. The first-order valence-corrected chi connectivity index (χ1v) is 9.93. The van der Waals surface area contributed by atoms with Crippen LogP contribution in [0.4, 0.5) is 0 Å². The Morgan fingerprint density at radius 3 is 2.11 bits per heavy atom. The van der Waals surface area contributed by atoms with Crippen molar-refractivity contribution in [3.8, 4) is 0 Å². The molecule has 2 aromatic rings. The highest BCUT2D eigenvalue weighted by Crippen LogP contribution is 2.23. The fraction of sp³-hybridized carbons (Fsp3) is 0.391. The molecule has 0 bridgehead atoms. The van der Waals surface area contributed by atoms with Gasteiger partial charge in [-0.15, -0.1) is 0 Å². The van der Waals surface area contributed by atoms with Gasteiger partial charge in [-0.05, 0) is 67.9 Å². The van der Waals surface area contributed by atoms with Crippen molar-refractivity contribution >= 4 is 11.8 Å². The highest BCUT2D eigenvalue weighted by Gasteiger charge is 2.25. The maximum absolute atomic E-state index is 12.8. The maximum atomic E-state index is 12.8. The monoisotopic (exact) mass is 362 g/mol.